The summed E-state index contributed by atoms with van der Waals surface area (Å²) in [6.45, 7) is 4.00. The van der Waals surface area contributed by atoms with Gasteiger partial charge in [0.15, 0.2) is 0 Å². The molecule has 0 fully saturated rings. The highest BCUT2D eigenvalue weighted by molar-refractivity contribution is 6.24. The topological polar surface area (TPSA) is 20.3 Å². The molecule has 0 bridgehead atoms. The van der Waals surface area contributed by atoms with E-state index >= 15 is 0 Å². The molecule has 0 saturated heterocycles. The first kappa shape index (κ1) is 11.1. The molecule has 76 valence electrons. The number of nitrogens with zero attached hydrogens (tertiary/aromatic N) is 1. The average Bonchev–Trinajstić information content (AvgIpc) is 2.48. The summed E-state index contributed by atoms with van der Waals surface area (Å²) in [7, 11) is 1.71. The Balaban J connectivity index is 0.000000461. The van der Waals surface area contributed by atoms with Gasteiger partial charge < -0.3 is 4.90 Å². The molecule has 3 heteroatoms. The highest BCUT2D eigenvalue weighted by atomic mass is 35.5. The maximum absolute atomic E-state index is 11.4. The van der Waals surface area contributed by atoms with E-state index in [4.69, 9.17) is 11.6 Å². The Bertz CT molecular complexity index is 338. The summed E-state index contributed by atoms with van der Waals surface area (Å²) in [5.41, 5.74) is 1.33. The number of alkyl halides is 1. The first-order chi connectivity index (χ1) is 6.72. The van der Waals surface area contributed by atoms with Crippen LogP contribution < -0.4 is 0 Å². The van der Waals surface area contributed by atoms with Gasteiger partial charge in [0, 0.05) is 18.2 Å². The van der Waals surface area contributed by atoms with Gasteiger partial charge in [0.1, 0.15) is 5.50 Å². The molecule has 1 amide bonds. The molecule has 0 spiro atoms. The number of hydrogen-bond donors (Lipinski definition) is 0. The standard InChI is InChI=1S/C9H8ClNO.C2H6/c1-11-8(10)6-4-2-3-5-7(6)9(11)12;1-2/h2-5,8H,1H3;1-2H3. The largest absolute Gasteiger partial charge is 0.321 e. The lowest BCUT2D eigenvalue weighted by atomic mass is 10.1. The van der Waals surface area contributed by atoms with Crippen molar-refractivity contribution in [3.63, 3.8) is 0 Å². The summed E-state index contributed by atoms with van der Waals surface area (Å²) in [5.74, 6) is 0.00519. The van der Waals surface area contributed by atoms with Gasteiger partial charge in [0.25, 0.3) is 5.91 Å². The molecule has 1 unspecified atom stereocenters. The molecule has 0 N–H and O–H groups in total. The molecule has 1 heterocycles. The van der Waals surface area contributed by atoms with Crippen molar-refractivity contribution in [1.82, 2.24) is 4.90 Å². The van der Waals surface area contributed by atoms with Crippen LogP contribution in [0.5, 0.6) is 0 Å². The van der Waals surface area contributed by atoms with Gasteiger partial charge in [-0.15, -0.1) is 0 Å². The van der Waals surface area contributed by atoms with Crippen LogP contribution in [0.2, 0.25) is 0 Å². The Kier molecular flexibility index (Phi) is 3.53. The van der Waals surface area contributed by atoms with E-state index in [1.165, 1.54) is 4.90 Å². The summed E-state index contributed by atoms with van der Waals surface area (Å²) < 4.78 is 0. The molecule has 1 aliphatic heterocycles. The molecule has 0 aromatic heterocycles. The number of halogens is 1. The van der Waals surface area contributed by atoms with Gasteiger partial charge in [-0.25, -0.2) is 0 Å². The zero-order chi connectivity index (χ0) is 10.7. The van der Waals surface area contributed by atoms with Crippen LogP contribution >= 0.6 is 11.6 Å². The third-order valence-electron chi connectivity index (χ3n) is 2.11. The predicted molar refractivity (Wildman–Crippen MR) is 58.5 cm³/mol. The minimum Gasteiger partial charge on any atom is -0.321 e. The first-order valence-corrected chi connectivity index (χ1v) is 5.15. The molecule has 1 aliphatic rings. The van der Waals surface area contributed by atoms with Crippen molar-refractivity contribution >= 4 is 17.5 Å². The molecule has 1 aromatic carbocycles. The number of hydrogen-bond acceptors (Lipinski definition) is 1. The van der Waals surface area contributed by atoms with Crippen molar-refractivity contribution in [3.8, 4) is 0 Å². The van der Waals surface area contributed by atoms with Crippen molar-refractivity contribution in [2.75, 3.05) is 7.05 Å². The van der Waals surface area contributed by atoms with Crippen LogP contribution in [-0.2, 0) is 0 Å². The predicted octanol–water partition coefficient (Wildman–Crippen LogP) is 3.04. The number of carbonyl (C=O) groups is 1. The van der Waals surface area contributed by atoms with E-state index in [1.807, 2.05) is 32.0 Å². The van der Waals surface area contributed by atoms with Crippen molar-refractivity contribution < 1.29 is 4.79 Å². The minimum absolute atomic E-state index is 0.00519. The van der Waals surface area contributed by atoms with Gasteiger partial charge in [-0.3, -0.25) is 4.79 Å². The van der Waals surface area contributed by atoms with Gasteiger partial charge in [0.05, 0.1) is 0 Å². The van der Waals surface area contributed by atoms with Gasteiger partial charge in [-0.1, -0.05) is 43.6 Å². The lowest BCUT2D eigenvalue weighted by molar-refractivity contribution is 0.0810. The smallest absolute Gasteiger partial charge is 0.255 e. The van der Waals surface area contributed by atoms with E-state index in [-0.39, 0.29) is 11.4 Å². The normalized spacial score (nSPS) is 18.7. The lowest BCUT2D eigenvalue weighted by Gasteiger charge is -2.12. The van der Waals surface area contributed by atoms with Gasteiger partial charge in [-0.05, 0) is 6.07 Å². The quantitative estimate of drug-likeness (QED) is 0.477. The Morgan fingerprint density at radius 1 is 1.29 bits per heavy atom. The fourth-order valence-corrected chi connectivity index (χ4v) is 1.68. The fraction of sp³-hybridized carbons (Fsp3) is 0.364. The van der Waals surface area contributed by atoms with Gasteiger partial charge in [0.2, 0.25) is 0 Å². The van der Waals surface area contributed by atoms with Crippen molar-refractivity contribution in [2.45, 2.75) is 19.3 Å². The molecule has 1 atom stereocenters. The molecular formula is C11H14ClNO. The van der Waals surface area contributed by atoms with Crippen LogP contribution in [0.3, 0.4) is 0 Å². The van der Waals surface area contributed by atoms with Gasteiger partial charge in [-0.2, -0.15) is 0 Å². The Labute approximate surface area is 89.5 Å². The van der Waals surface area contributed by atoms with Crippen molar-refractivity contribution in [3.05, 3.63) is 35.4 Å². The van der Waals surface area contributed by atoms with E-state index in [2.05, 4.69) is 0 Å². The molecule has 2 rings (SSSR count). The Morgan fingerprint density at radius 3 is 2.43 bits per heavy atom. The summed E-state index contributed by atoms with van der Waals surface area (Å²) in [5, 5.41) is 0. The number of amides is 1. The molecule has 0 saturated carbocycles. The molecule has 2 nitrogen and oxygen atoms in total. The summed E-state index contributed by atoms with van der Waals surface area (Å²) >= 11 is 5.99. The molecule has 14 heavy (non-hydrogen) atoms. The summed E-state index contributed by atoms with van der Waals surface area (Å²) in [6, 6.07) is 7.42. The van der Waals surface area contributed by atoms with Crippen LogP contribution in [0.1, 0.15) is 35.3 Å². The maximum Gasteiger partial charge on any atom is 0.255 e. The second-order valence-electron chi connectivity index (χ2n) is 2.84. The SMILES string of the molecule is CC.CN1C(=O)c2ccccc2C1Cl. The monoisotopic (exact) mass is 211 g/mol. The van der Waals surface area contributed by atoms with E-state index in [0.29, 0.717) is 0 Å². The number of carbonyl (C=O) groups excluding carboxylic acids is 1. The van der Waals surface area contributed by atoms with Crippen LogP contribution in [-0.4, -0.2) is 17.9 Å². The van der Waals surface area contributed by atoms with E-state index in [9.17, 15) is 4.79 Å². The zero-order valence-electron chi connectivity index (χ0n) is 8.62. The third-order valence-corrected chi connectivity index (χ3v) is 2.64. The van der Waals surface area contributed by atoms with Crippen LogP contribution in [0.4, 0.5) is 0 Å². The summed E-state index contributed by atoms with van der Waals surface area (Å²) in [4.78, 5) is 13.0. The van der Waals surface area contributed by atoms with E-state index in [0.717, 1.165) is 11.1 Å². The van der Waals surface area contributed by atoms with Crippen molar-refractivity contribution in [1.29, 1.82) is 0 Å². The second kappa shape index (κ2) is 4.47. The van der Waals surface area contributed by atoms with Gasteiger partial charge >= 0.3 is 0 Å². The summed E-state index contributed by atoms with van der Waals surface area (Å²) in [6.07, 6.45) is 0. The molecule has 0 radical (unpaired) electrons. The zero-order valence-corrected chi connectivity index (χ0v) is 9.38. The first-order valence-electron chi connectivity index (χ1n) is 4.72. The van der Waals surface area contributed by atoms with Crippen LogP contribution in [0.15, 0.2) is 24.3 Å². The number of rotatable bonds is 0. The highest BCUT2D eigenvalue weighted by Crippen LogP contribution is 2.34. The highest BCUT2D eigenvalue weighted by Gasteiger charge is 2.31. The fourth-order valence-electron chi connectivity index (χ4n) is 1.40. The number of benzene rings is 1. The van der Waals surface area contributed by atoms with Crippen LogP contribution in [0, 0.1) is 0 Å². The molecular weight excluding hydrogens is 198 g/mol. The third kappa shape index (κ3) is 1.62. The maximum atomic E-state index is 11.4. The van der Waals surface area contributed by atoms with E-state index < -0.39 is 0 Å². The molecule has 0 aliphatic carbocycles. The minimum atomic E-state index is -0.298. The van der Waals surface area contributed by atoms with Crippen molar-refractivity contribution in [2.24, 2.45) is 0 Å². The van der Waals surface area contributed by atoms with E-state index in [1.54, 1.807) is 13.1 Å². The average molecular weight is 212 g/mol. The second-order valence-corrected chi connectivity index (χ2v) is 3.25. The lowest BCUT2D eigenvalue weighted by Crippen LogP contribution is -2.19. The van der Waals surface area contributed by atoms with Crippen LogP contribution in [0.25, 0.3) is 0 Å². The number of fused-ring (bicyclic) bond motifs is 1. The Hall–Kier alpha value is -1.02. The molecule has 1 aromatic rings. The Morgan fingerprint density at radius 2 is 1.86 bits per heavy atom.